The Morgan fingerprint density at radius 3 is 2.20 bits per heavy atom. The van der Waals surface area contributed by atoms with Gasteiger partial charge in [0.05, 0.1) is 6.54 Å². The largest absolute Gasteiger partial charge is 0.484 e. The van der Waals surface area contributed by atoms with Crippen LogP contribution in [-0.4, -0.2) is 70.4 Å². The van der Waals surface area contributed by atoms with Crippen molar-refractivity contribution < 1.29 is 34.3 Å². The number of benzene rings is 4. The predicted octanol–water partition coefficient (Wildman–Crippen LogP) is 3.61. The predicted molar refractivity (Wildman–Crippen MR) is 150 cm³/mol. The van der Waals surface area contributed by atoms with Crippen molar-refractivity contribution in [3.05, 3.63) is 108 Å². The Hall–Kier alpha value is -3.95. The van der Waals surface area contributed by atoms with Gasteiger partial charge in [-0.05, 0) is 47.5 Å². The average molecular weight is 544 g/mol. The van der Waals surface area contributed by atoms with Crippen molar-refractivity contribution in [3.8, 4) is 11.5 Å². The lowest BCUT2D eigenvalue weighted by atomic mass is 9.97. The Labute approximate surface area is 233 Å². The number of fused-ring (bicyclic) bond motifs is 1. The van der Waals surface area contributed by atoms with Gasteiger partial charge in [-0.15, -0.1) is 0 Å². The lowest BCUT2D eigenvalue weighted by molar-refractivity contribution is -0.269. The zero-order valence-corrected chi connectivity index (χ0v) is 22.3. The summed E-state index contributed by atoms with van der Waals surface area (Å²) < 4.78 is 17.9. The van der Waals surface area contributed by atoms with Crippen LogP contribution >= 0.6 is 0 Å². The minimum absolute atomic E-state index is 0.137. The van der Waals surface area contributed by atoms with E-state index >= 15 is 0 Å². The Kier molecular flexibility index (Phi) is 8.32. The minimum atomic E-state index is -1.66. The summed E-state index contributed by atoms with van der Waals surface area (Å²) in [6, 6.07) is 30.2. The van der Waals surface area contributed by atoms with Crippen LogP contribution in [0, 0.1) is 6.92 Å². The molecule has 40 heavy (non-hydrogen) atoms. The molecule has 1 fully saturated rings. The summed E-state index contributed by atoms with van der Waals surface area (Å²) in [6.45, 7) is 2.13. The maximum absolute atomic E-state index is 13.5. The summed E-state index contributed by atoms with van der Waals surface area (Å²) in [7, 11) is 1.57. The standard InChI is InChI=1S/C32H33NO7/c1-20-12-15-24(16-13-20)38-26(22-9-4-3-5-10-22)19-33(2)31(37)30-28(35)27(34)29(36)32(40-30)39-25-17-14-21-8-6-7-11-23(21)18-25/h3-18,26-30,32,34-36H,19H2,1-2H3. The van der Waals surface area contributed by atoms with E-state index in [0.717, 1.165) is 21.9 Å². The molecular weight excluding hydrogens is 510 g/mol. The van der Waals surface area contributed by atoms with E-state index in [0.29, 0.717) is 11.5 Å². The van der Waals surface area contributed by atoms with Crippen molar-refractivity contribution in [2.45, 2.75) is 43.7 Å². The second kappa shape index (κ2) is 12.1. The summed E-state index contributed by atoms with van der Waals surface area (Å²) >= 11 is 0. The zero-order chi connectivity index (χ0) is 28.2. The second-order valence-electron chi connectivity index (χ2n) is 10.1. The van der Waals surface area contributed by atoms with E-state index in [1.54, 1.807) is 19.2 Å². The quantitative estimate of drug-likeness (QED) is 0.312. The molecule has 4 aromatic carbocycles. The van der Waals surface area contributed by atoms with Crippen LogP contribution in [0.3, 0.4) is 0 Å². The molecule has 208 valence electrons. The fraction of sp³-hybridized carbons (Fsp3) is 0.281. The van der Waals surface area contributed by atoms with Crippen molar-refractivity contribution >= 4 is 16.7 Å². The first-order valence-electron chi connectivity index (χ1n) is 13.2. The number of hydrogen-bond donors (Lipinski definition) is 3. The lowest BCUT2D eigenvalue weighted by Crippen LogP contribution is -2.63. The Balaban J connectivity index is 1.32. The van der Waals surface area contributed by atoms with Gasteiger partial charge >= 0.3 is 0 Å². The maximum atomic E-state index is 13.5. The van der Waals surface area contributed by atoms with Crippen LogP contribution < -0.4 is 9.47 Å². The Bertz CT molecular complexity index is 1430. The van der Waals surface area contributed by atoms with Gasteiger partial charge in [-0.25, -0.2) is 0 Å². The summed E-state index contributed by atoms with van der Waals surface area (Å²) in [5, 5.41) is 33.8. The van der Waals surface area contributed by atoms with E-state index in [-0.39, 0.29) is 6.54 Å². The Morgan fingerprint density at radius 1 is 0.825 bits per heavy atom. The second-order valence-corrected chi connectivity index (χ2v) is 10.1. The number of likely N-dealkylation sites (N-methyl/N-ethyl adjacent to an activating group) is 1. The van der Waals surface area contributed by atoms with E-state index in [1.165, 1.54) is 4.90 Å². The van der Waals surface area contributed by atoms with Gasteiger partial charge in [0.2, 0.25) is 6.29 Å². The van der Waals surface area contributed by atoms with Gasteiger partial charge in [-0.3, -0.25) is 4.79 Å². The van der Waals surface area contributed by atoms with E-state index < -0.39 is 42.7 Å². The van der Waals surface area contributed by atoms with Crippen LogP contribution in [0.5, 0.6) is 11.5 Å². The van der Waals surface area contributed by atoms with E-state index in [1.807, 2.05) is 91.9 Å². The number of aryl methyl sites for hydroxylation is 1. The van der Waals surface area contributed by atoms with Gasteiger partial charge in [-0.2, -0.15) is 0 Å². The van der Waals surface area contributed by atoms with Crippen molar-refractivity contribution in [2.24, 2.45) is 0 Å². The zero-order valence-electron chi connectivity index (χ0n) is 22.3. The number of ether oxygens (including phenoxy) is 3. The molecular formula is C32H33NO7. The minimum Gasteiger partial charge on any atom is -0.484 e. The molecule has 8 nitrogen and oxygen atoms in total. The third-order valence-electron chi connectivity index (χ3n) is 7.07. The number of carbonyl (C=O) groups excluding carboxylic acids is 1. The average Bonchev–Trinajstić information content (AvgIpc) is 2.98. The van der Waals surface area contributed by atoms with Crippen molar-refractivity contribution in [1.29, 1.82) is 0 Å². The molecule has 8 heteroatoms. The monoisotopic (exact) mass is 543 g/mol. The van der Waals surface area contributed by atoms with Gasteiger partial charge in [0.25, 0.3) is 5.91 Å². The van der Waals surface area contributed by atoms with Gasteiger partial charge in [0.1, 0.15) is 35.9 Å². The number of carbonyl (C=O) groups is 1. The molecule has 0 aromatic heterocycles. The molecule has 0 radical (unpaired) electrons. The molecule has 4 aromatic rings. The number of rotatable bonds is 8. The summed E-state index contributed by atoms with van der Waals surface area (Å²) in [6.07, 6.45) is -8.25. The Morgan fingerprint density at radius 2 is 1.48 bits per heavy atom. The number of aliphatic hydroxyl groups is 3. The lowest BCUT2D eigenvalue weighted by Gasteiger charge is -2.40. The van der Waals surface area contributed by atoms with Crippen LogP contribution in [-0.2, 0) is 9.53 Å². The molecule has 6 atom stereocenters. The SMILES string of the molecule is Cc1ccc(OC(CN(C)C(=O)C2OC(Oc3ccc4ccccc4c3)C(O)C(O)C2O)c2ccccc2)cc1. The van der Waals surface area contributed by atoms with Crippen molar-refractivity contribution in [3.63, 3.8) is 0 Å². The van der Waals surface area contributed by atoms with Gasteiger partial charge in [-0.1, -0.05) is 78.4 Å². The smallest absolute Gasteiger partial charge is 0.254 e. The molecule has 1 heterocycles. The molecule has 1 amide bonds. The van der Waals surface area contributed by atoms with Gasteiger partial charge in [0.15, 0.2) is 6.10 Å². The van der Waals surface area contributed by atoms with Crippen molar-refractivity contribution in [1.82, 2.24) is 4.90 Å². The topological polar surface area (TPSA) is 109 Å². The number of nitrogens with zero attached hydrogens (tertiary/aromatic N) is 1. The van der Waals surface area contributed by atoms with Crippen LogP contribution in [0.15, 0.2) is 97.1 Å². The van der Waals surface area contributed by atoms with Crippen LogP contribution in [0.2, 0.25) is 0 Å². The van der Waals surface area contributed by atoms with Crippen LogP contribution in [0.4, 0.5) is 0 Å². The first-order chi connectivity index (χ1) is 19.3. The van der Waals surface area contributed by atoms with Crippen LogP contribution in [0.25, 0.3) is 10.8 Å². The highest BCUT2D eigenvalue weighted by Crippen LogP contribution is 2.29. The fourth-order valence-corrected chi connectivity index (χ4v) is 4.74. The molecule has 6 unspecified atom stereocenters. The highest BCUT2D eigenvalue weighted by molar-refractivity contribution is 5.84. The molecule has 0 bridgehead atoms. The highest BCUT2D eigenvalue weighted by atomic mass is 16.7. The van der Waals surface area contributed by atoms with Gasteiger partial charge in [0, 0.05) is 7.05 Å². The molecule has 5 rings (SSSR count). The van der Waals surface area contributed by atoms with E-state index in [2.05, 4.69) is 0 Å². The third kappa shape index (κ3) is 6.11. The normalized spacial score (nSPS) is 23.4. The number of hydrogen-bond acceptors (Lipinski definition) is 7. The number of aliphatic hydroxyl groups excluding tert-OH is 3. The molecule has 0 aliphatic carbocycles. The van der Waals surface area contributed by atoms with E-state index in [9.17, 15) is 20.1 Å². The molecule has 1 aliphatic heterocycles. The fourth-order valence-electron chi connectivity index (χ4n) is 4.74. The first-order valence-corrected chi connectivity index (χ1v) is 13.2. The third-order valence-corrected chi connectivity index (χ3v) is 7.07. The maximum Gasteiger partial charge on any atom is 0.254 e. The molecule has 0 spiro atoms. The first kappa shape index (κ1) is 27.6. The molecule has 3 N–H and O–H groups in total. The number of amides is 1. The molecule has 1 aliphatic rings. The summed E-state index contributed by atoms with van der Waals surface area (Å²) in [5.74, 6) is 0.456. The van der Waals surface area contributed by atoms with Gasteiger partial charge < -0.3 is 34.4 Å². The highest BCUT2D eigenvalue weighted by Gasteiger charge is 2.48. The molecule has 0 saturated carbocycles. The van der Waals surface area contributed by atoms with Crippen molar-refractivity contribution in [2.75, 3.05) is 13.6 Å². The summed E-state index contributed by atoms with van der Waals surface area (Å²) in [5.41, 5.74) is 1.96. The summed E-state index contributed by atoms with van der Waals surface area (Å²) in [4.78, 5) is 14.9. The van der Waals surface area contributed by atoms with E-state index in [4.69, 9.17) is 14.2 Å². The molecule has 1 saturated heterocycles. The van der Waals surface area contributed by atoms with Crippen LogP contribution in [0.1, 0.15) is 17.2 Å².